The second-order valence-electron chi connectivity index (χ2n) is 9.69. The Morgan fingerprint density at radius 2 is 1.52 bits per heavy atom. The van der Waals surface area contributed by atoms with Gasteiger partial charge in [0.05, 0.1) is 24.3 Å². The average Bonchev–Trinajstić information content (AvgIpc) is 3.01. The van der Waals surface area contributed by atoms with E-state index < -0.39 is 28.5 Å². The first-order valence-corrected chi connectivity index (χ1v) is 15.7. The maximum absolute atomic E-state index is 14.1. The molecule has 0 unspecified atom stereocenters. The number of amides is 2. The van der Waals surface area contributed by atoms with E-state index in [4.69, 9.17) is 9.47 Å². The summed E-state index contributed by atoms with van der Waals surface area (Å²) in [6.07, 6.45) is 2.09. The lowest BCUT2D eigenvalue weighted by Gasteiger charge is -2.33. The van der Waals surface area contributed by atoms with E-state index in [1.807, 2.05) is 32.9 Å². The zero-order valence-electron chi connectivity index (χ0n) is 24.8. The molecule has 42 heavy (non-hydrogen) atoms. The van der Waals surface area contributed by atoms with Crippen LogP contribution in [-0.4, -0.2) is 58.0 Å². The Kier molecular flexibility index (Phi) is 12.2. The first-order valence-electron chi connectivity index (χ1n) is 14.3. The van der Waals surface area contributed by atoms with Gasteiger partial charge in [-0.05, 0) is 73.9 Å². The van der Waals surface area contributed by atoms with Crippen molar-refractivity contribution in [2.45, 2.75) is 57.5 Å². The lowest BCUT2D eigenvalue weighted by Crippen LogP contribution is -2.52. The lowest BCUT2D eigenvalue weighted by molar-refractivity contribution is -0.140. The number of nitrogens with zero attached hydrogens (tertiary/aromatic N) is 2. The SMILES string of the molecule is CCCCNC(=O)[C@H](CC)N(Cc1ccc(OC)cc1)C(=O)CN(c1ccccc1)S(=O)(=O)c1ccc(OCC)cc1. The second-order valence-corrected chi connectivity index (χ2v) is 11.6. The van der Waals surface area contributed by atoms with Gasteiger partial charge in [-0.3, -0.25) is 13.9 Å². The van der Waals surface area contributed by atoms with Crippen LogP contribution in [0.5, 0.6) is 11.5 Å². The lowest BCUT2D eigenvalue weighted by atomic mass is 10.1. The molecule has 0 radical (unpaired) electrons. The Hall–Kier alpha value is -4.05. The van der Waals surface area contributed by atoms with Gasteiger partial charge < -0.3 is 19.7 Å². The molecule has 1 atom stereocenters. The third kappa shape index (κ3) is 8.48. The van der Waals surface area contributed by atoms with Gasteiger partial charge >= 0.3 is 0 Å². The minimum atomic E-state index is -4.15. The quantitative estimate of drug-likeness (QED) is 0.234. The van der Waals surface area contributed by atoms with Crippen molar-refractivity contribution in [1.29, 1.82) is 0 Å². The molecule has 0 spiro atoms. The average molecular weight is 596 g/mol. The maximum atomic E-state index is 14.1. The number of benzene rings is 3. The largest absolute Gasteiger partial charge is 0.497 e. The number of carbonyl (C=O) groups excluding carboxylic acids is 2. The first kappa shape index (κ1) is 32.5. The summed E-state index contributed by atoms with van der Waals surface area (Å²) in [6, 6.07) is 21.0. The van der Waals surface area contributed by atoms with Gasteiger partial charge in [0.2, 0.25) is 11.8 Å². The molecule has 3 aromatic rings. The second kappa shape index (κ2) is 15.8. The number of para-hydroxylation sites is 1. The molecule has 0 fully saturated rings. The van der Waals surface area contributed by atoms with Crippen molar-refractivity contribution >= 4 is 27.5 Å². The highest BCUT2D eigenvalue weighted by Gasteiger charge is 2.33. The molecule has 3 aromatic carbocycles. The van der Waals surface area contributed by atoms with Gasteiger partial charge in [0.1, 0.15) is 24.1 Å². The summed E-state index contributed by atoms with van der Waals surface area (Å²) in [5.74, 6) is 0.442. The molecule has 226 valence electrons. The zero-order valence-corrected chi connectivity index (χ0v) is 25.6. The number of ether oxygens (including phenoxy) is 2. The normalized spacial score (nSPS) is 11.8. The third-order valence-corrected chi connectivity index (χ3v) is 8.56. The number of rotatable bonds is 16. The number of hydrogen-bond acceptors (Lipinski definition) is 6. The number of unbranched alkanes of at least 4 members (excludes halogenated alkanes) is 1. The number of sulfonamides is 1. The molecule has 1 N–H and O–H groups in total. The van der Waals surface area contributed by atoms with E-state index in [0.717, 1.165) is 22.7 Å². The molecule has 0 heterocycles. The molecule has 10 heteroatoms. The van der Waals surface area contributed by atoms with Crippen LogP contribution in [0.15, 0.2) is 83.8 Å². The van der Waals surface area contributed by atoms with Crippen LogP contribution in [0.25, 0.3) is 0 Å². The fourth-order valence-corrected chi connectivity index (χ4v) is 5.89. The summed E-state index contributed by atoms with van der Waals surface area (Å²) in [5, 5.41) is 2.93. The Morgan fingerprint density at radius 1 is 0.881 bits per heavy atom. The molecule has 0 saturated heterocycles. The van der Waals surface area contributed by atoms with Crippen molar-refractivity contribution in [2.24, 2.45) is 0 Å². The fraction of sp³-hybridized carbons (Fsp3) is 0.375. The van der Waals surface area contributed by atoms with Crippen LogP contribution in [0, 0.1) is 0 Å². The summed E-state index contributed by atoms with van der Waals surface area (Å²) in [4.78, 5) is 28.9. The molecule has 0 aliphatic heterocycles. The van der Waals surface area contributed by atoms with E-state index in [-0.39, 0.29) is 17.3 Å². The van der Waals surface area contributed by atoms with Gasteiger partial charge in [0, 0.05) is 13.1 Å². The topological polar surface area (TPSA) is 105 Å². The number of nitrogens with one attached hydrogen (secondary N) is 1. The summed E-state index contributed by atoms with van der Waals surface area (Å²) in [7, 11) is -2.58. The smallest absolute Gasteiger partial charge is 0.264 e. The van der Waals surface area contributed by atoms with Crippen LogP contribution in [0.1, 0.15) is 45.6 Å². The number of methoxy groups -OCH3 is 1. The molecule has 0 bridgehead atoms. The highest BCUT2D eigenvalue weighted by Crippen LogP contribution is 2.26. The van der Waals surface area contributed by atoms with Crippen molar-refractivity contribution in [3.05, 3.63) is 84.4 Å². The van der Waals surface area contributed by atoms with Crippen LogP contribution in [0.2, 0.25) is 0 Å². The van der Waals surface area contributed by atoms with E-state index >= 15 is 0 Å². The highest BCUT2D eigenvalue weighted by molar-refractivity contribution is 7.92. The minimum Gasteiger partial charge on any atom is -0.497 e. The third-order valence-electron chi connectivity index (χ3n) is 6.77. The highest BCUT2D eigenvalue weighted by atomic mass is 32.2. The molecule has 9 nitrogen and oxygen atoms in total. The summed E-state index contributed by atoms with van der Waals surface area (Å²) in [6.45, 7) is 6.29. The number of carbonyl (C=O) groups is 2. The monoisotopic (exact) mass is 595 g/mol. The summed E-state index contributed by atoms with van der Waals surface area (Å²) < 4.78 is 39.7. The van der Waals surface area contributed by atoms with Crippen molar-refractivity contribution in [1.82, 2.24) is 10.2 Å². The first-order chi connectivity index (χ1) is 20.2. The van der Waals surface area contributed by atoms with E-state index in [2.05, 4.69) is 5.32 Å². The Labute approximate surface area is 249 Å². The molecular weight excluding hydrogens is 554 g/mol. The standard InChI is InChI=1S/C32H41N3O6S/c1-5-8-22-33-32(37)30(6-2)34(23-25-14-16-27(40-4)17-15-25)31(36)24-35(26-12-10-9-11-13-26)42(38,39)29-20-18-28(19-21-29)41-7-3/h9-21,30H,5-8,22-24H2,1-4H3,(H,33,37)/t30-/m0/s1. The molecule has 3 rings (SSSR count). The predicted octanol–water partition coefficient (Wildman–Crippen LogP) is 5.01. The van der Waals surface area contributed by atoms with Gasteiger partial charge in [-0.25, -0.2) is 8.42 Å². The summed E-state index contributed by atoms with van der Waals surface area (Å²) in [5.41, 5.74) is 1.12. The maximum Gasteiger partial charge on any atom is 0.264 e. The number of hydrogen-bond donors (Lipinski definition) is 1. The number of anilines is 1. The van der Waals surface area contributed by atoms with Crippen LogP contribution >= 0.6 is 0 Å². The van der Waals surface area contributed by atoms with Crippen LogP contribution in [0.4, 0.5) is 5.69 Å². The Bertz CT molecular complexity index is 1380. The molecule has 0 aromatic heterocycles. The Balaban J connectivity index is 1.99. The van der Waals surface area contributed by atoms with Gasteiger partial charge in [-0.15, -0.1) is 0 Å². The van der Waals surface area contributed by atoms with E-state index in [0.29, 0.717) is 36.8 Å². The van der Waals surface area contributed by atoms with Crippen molar-refractivity contribution in [2.75, 3.05) is 31.1 Å². The molecule has 2 amide bonds. The van der Waals surface area contributed by atoms with Crippen molar-refractivity contribution in [3.8, 4) is 11.5 Å². The van der Waals surface area contributed by atoms with Crippen LogP contribution < -0.4 is 19.1 Å². The molecule has 0 aliphatic rings. The van der Waals surface area contributed by atoms with Crippen LogP contribution in [-0.2, 0) is 26.2 Å². The predicted molar refractivity (Wildman–Crippen MR) is 164 cm³/mol. The van der Waals surface area contributed by atoms with Gasteiger partial charge in [0.25, 0.3) is 10.0 Å². The van der Waals surface area contributed by atoms with E-state index in [1.54, 1.807) is 61.7 Å². The fourth-order valence-electron chi connectivity index (χ4n) is 4.48. The minimum absolute atomic E-state index is 0.0219. The van der Waals surface area contributed by atoms with E-state index in [1.165, 1.54) is 17.0 Å². The van der Waals surface area contributed by atoms with Gasteiger partial charge in [-0.2, -0.15) is 0 Å². The Morgan fingerprint density at radius 3 is 2.10 bits per heavy atom. The van der Waals surface area contributed by atoms with Crippen LogP contribution in [0.3, 0.4) is 0 Å². The molecule has 0 aliphatic carbocycles. The zero-order chi connectivity index (χ0) is 30.5. The molecular formula is C32H41N3O6S. The molecule has 0 saturated carbocycles. The summed E-state index contributed by atoms with van der Waals surface area (Å²) >= 11 is 0. The van der Waals surface area contributed by atoms with Crippen molar-refractivity contribution in [3.63, 3.8) is 0 Å². The van der Waals surface area contributed by atoms with E-state index in [9.17, 15) is 18.0 Å². The van der Waals surface area contributed by atoms with Gasteiger partial charge in [0.15, 0.2) is 0 Å². The van der Waals surface area contributed by atoms with Crippen molar-refractivity contribution < 1.29 is 27.5 Å². The van der Waals surface area contributed by atoms with Gasteiger partial charge in [-0.1, -0.05) is 50.6 Å².